The highest BCUT2D eigenvalue weighted by Gasteiger charge is 2.19. The van der Waals surface area contributed by atoms with Gasteiger partial charge in [0.15, 0.2) is 5.78 Å². The number of Topliss-reactive ketones (excluding diaryl/α,β-unsaturated/α-hetero) is 1. The molecule has 5 nitrogen and oxygen atoms in total. The smallest absolute Gasteiger partial charge is 0.167 e. The van der Waals surface area contributed by atoms with Crippen molar-refractivity contribution in [3.05, 3.63) is 101 Å². The number of aromatic nitrogens is 2. The van der Waals surface area contributed by atoms with Gasteiger partial charge in [0.05, 0.1) is 6.20 Å². The minimum absolute atomic E-state index is 0.0799. The molecule has 0 saturated carbocycles. The van der Waals surface area contributed by atoms with Gasteiger partial charge in [-0.1, -0.05) is 36.3 Å². The van der Waals surface area contributed by atoms with Crippen LogP contribution in [0.1, 0.15) is 51.1 Å². The molecule has 0 atom stereocenters. The zero-order valence-corrected chi connectivity index (χ0v) is 21.1. The maximum atomic E-state index is 13.1. The van der Waals surface area contributed by atoms with Gasteiger partial charge in [-0.3, -0.25) is 9.20 Å². The van der Waals surface area contributed by atoms with Gasteiger partial charge in [0.1, 0.15) is 23.2 Å². The summed E-state index contributed by atoms with van der Waals surface area (Å²) in [4.78, 5) is 19.9. The molecule has 5 rings (SSSR count). The van der Waals surface area contributed by atoms with E-state index in [4.69, 9.17) is 4.74 Å². The van der Waals surface area contributed by atoms with Gasteiger partial charge < -0.3 is 9.64 Å². The number of carbonyl (C=O) groups excluding carboxylic acids is 1. The Balaban J connectivity index is 1.29. The average Bonchev–Trinajstić information content (AvgIpc) is 3.29. The summed E-state index contributed by atoms with van der Waals surface area (Å²) in [5.74, 6) is 7.45. The van der Waals surface area contributed by atoms with E-state index in [0.717, 1.165) is 65.3 Å². The van der Waals surface area contributed by atoms with Gasteiger partial charge in [-0.2, -0.15) is 0 Å². The van der Waals surface area contributed by atoms with Crippen molar-refractivity contribution in [3.63, 3.8) is 0 Å². The van der Waals surface area contributed by atoms with E-state index in [1.807, 2.05) is 66.1 Å². The summed E-state index contributed by atoms with van der Waals surface area (Å²) in [5.41, 5.74) is 6.31. The number of likely N-dealkylation sites (tertiary alicyclic amines) is 1. The molecule has 36 heavy (non-hydrogen) atoms. The molecule has 3 heterocycles. The zero-order valence-electron chi connectivity index (χ0n) is 21.1. The Morgan fingerprint density at radius 2 is 1.86 bits per heavy atom. The SMILES string of the molecule is Cc1ccc(C(=O)Cc2ccc(OC3CCN(C)CC3)c(C)c2)cc1C#Cc1cnc2ccccn12. The molecule has 2 aromatic heterocycles. The molecule has 182 valence electrons. The number of ketones is 1. The summed E-state index contributed by atoms with van der Waals surface area (Å²) in [6.07, 6.45) is 6.43. The van der Waals surface area contributed by atoms with E-state index in [1.165, 1.54) is 0 Å². The van der Waals surface area contributed by atoms with Gasteiger partial charge >= 0.3 is 0 Å². The number of carbonyl (C=O) groups is 1. The van der Waals surface area contributed by atoms with Crippen LogP contribution in [0.2, 0.25) is 0 Å². The summed E-state index contributed by atoms with van der Waals surface area (Å²) < 4.78 is 8.22. The first-order valence-corrected chi connectivity index (χ1v) is 12.5. The minimum atomic E-state index is 0.0799. The van der Waals surface area contributed by atoms with Crippen molar-refractivity contribution in [3.8, 4) is 17.6 Å². The average molecular weight is 478 g/mol. The van der Waals surface area contributed by atoms with Crippen molar-refractivity contribution in [1.29, 1.82) is 0 Å². The van der Waals surface area contributed by atoms with Crippen molar-refractivity contribution in [2.45, 2.75) is 39.2 Å². The molecule has 1 aliphatic heterocycles. The highest BCUT2D eigenvalue weighted by molar-refractivity contribution is 5.98. The first-order chi connectivity index (χ1) is 17.5. The van der Waals surface area contributed by atoms with E-state index < -0.39 is 0 Å². The summed E-state index contributed by atoms with van der Waals surface area (Å²) in [6, 6.07) is 17.7. The molecule has 0 radical (unpaired) electrons. The Morgan fingerprint density at radius 3 is 2.67 bits per heavy atom. The molecular weight excluding hydrogens is 446 g/mol. The maximum Gasteiger partial charge on any atom is 0.167 e. The van der Waals surface area contributed by atoms with Crippen molar-refractivity contribution >= 4 is 11.4 Å². The number of piperidine rings is 1. The summed E-state index contributed by atoms with van der Waals surface area (Å²) >= 11 is 0. The van der Waals surface area contributed by atoms with E-state index in [0.29, 0.717) is 12.0 Å². The molecule has 2 aromatic carbocycles. The number of fused-ring (bicyclic) bond motifs is 1. The predicted octanol–water partition coefficient (Wildman–Crippen LogP) is 5.25. The second kappa shape index (κ2) is 10.4. The van der Waals surface area contributed by atoms with Crippen LogP contribution in [-0.4, -0.2) is 46.3 Å². The summed E-state index contributed by atoms with van der Waals surface area (Å²) in [6.45, 7) is 6.20. The van der Waals surface area contributed by atoms with Crippen LogP contribution in [0.3, 0.4) is 0 Å². The number of aryl methyl sites for hydroxylation is 2. The molecule has 0 N–H and O–H groups in total. The fourth-order valence-electron chi connectivity index (χ4n) is 4.61. The lowest BCUT2D eigenvalue weighted by Gasteiger charge is -2.29. The standard InChI is InChI=1S/C31H31N3O2/c1-22-7-9-26(20-25(22)10-11-27-21-32-31-6-4-5-15-34(27)31)29(35)19-24-8-12-30(23(2)18-24)36-28-13-16-33(3)17-14-28/h4-9,12,15,18,20-21,28H,13-14,16-17,19H2,1-3H3. The second-order valence-electron chi connectivity index (χ2n) is 9.67. The van der Waals surface area contributed by atoms with Crippen LogP contribution in [0.4, 0.5) is 0 Å². The highest BCUT2D eigenvalue weighted by Crippen LogP contribution is 2.24. The number of hydrogen-bond donors (Lipinski definition) is 0. The number of imidazole rings is 1. The van der Waals surface area contributed by atoms with Crippen molar-refractivity contribution in [2.24, 2.45) is 0 Å². The molecule has 0 aliphatic carbocycles. The van der Waals surface area contributed by atoms with Gasteiger partial charge in [0, 0.05) is 36.8 Å². The molecule has 1 aliphatic rings. The Bertz CT molecular complexity index is 1470. The van der Waals surface area contributed by atoms with Gasteiger partial charge in [-0.25, -0.2) is 4.98 Å². The van der Waals surface area contributed by atoms with Gasteiger partial charge in [0.25, 0.3) is 0 Å². The van der Waals surface area contributed by atoms with E-state index in [9.17, 15) is 4.79 Å². The fraction of sp³-hybridized carbons (Fsp3) is 0.290. The second-order valence-corrected chi connectivity index (χ2v) is 9.67. The quantitative estimate of drug-likeness (QED) is 0.291. The molecule has 4 aromatic rings. The third-order valence-electron chi connectivity index (χ3n) is 6.87. The Hall–Kier alpha value is -3.88. The molecule has 0 unspecified atom stereocenters. The third kappa shape index (κ3) is 5.35. The molecule has 0 amide bonds. The topological polar surface area (TPSA) is 46.8 Å². The lowest BCUT2D eigenvalue weighted by molar-refractivity contribution is 0.0992. The van der Waals surface area contributed by atoms with Crippen LogP contribution in [0.15, 0.2) is 67.0 Å². The van der Waals surface area contributed by atoms with Crippen LogP contribution in [0, 0.1) is 25.7 Å². The normalized spacial score (nSPS) is 14.4. The Kier molecular flexibility index (Phi) is 6.88. The molecule has 0 bridgehead atoms. The van der Waals surface area contributed by atoms with E-state index in [1.54, 1.807) is 6.20 Å². The summed E-state index contributed by atoms with van der Waals surface area (Å²) in [5, 5.41) is 0. The molecular formula is C31H31N3O2. The number of benzene rings is 2. The zero-order chi connectivity index (χ0) is 25.1. The largest absolute Gasteiger partial charge is 0.490 e. The lowest BCUT2D eigenvalue weighted by atomic mass is 9.98. The van der Waals surface area contributed by atoms with Crippen LogP contribution in [0.25, 0.3) is 5.65 Å². The van der Waals surface area contributed by atoms with Crippen LogP contribution in [0.5, 0.6) is 5.75 Å². The maximum absolute atomic E-state index is 13.1. The fourth-order valence-corrected chi connectivity index (χ4v) is 4.61. The number of pyridine rings is 1. The van der Waals surface area contributed by atoms with Gasteiger partial charge in [-0.15, -0.1) is 0 Å². The number of rotatable bonds is 5. The highest BCUT2D eigenvalue weighted by atomic mass is 16.5. The van der Waals surface area contributed by atoms with Crippen molar-refractivity contribution in [1.82, 2.24) is 14.3 Å². The van der Waals surface area contributed by atoms with Crippen LogP contribution < -0.4 is 4.74 Å². The Labute approximate surface area is 212 Å². The van der Waals surface area contributed by atoms with E-state index in [-0.39, 0.29) is 11.9 Å². The molecule has 1 saturated heterocycles. The molecule has 1 fully saturated rings. The van der Waals surface area contributed by atoms with Crippen molar-refractivity contribution in [2.75, 3.05) is 20.1 Å². The van der Waals surface area contributed by atoms with Crippen LogP contribution in [-0.2, 0) is 6.42 Å². The Morgan fingerprint density at radius 1 is 1.03 bits per heavy atom. The van der Waals surface area contributed by atoms with Gasteiger partial charge in [-0.05, 0) is 80.6 Å². The molecule has 5 heteroatoms. The number of ether oxygens (including phenoxy) is 1. The van der Waals surface area contributed by atoms with E-state index >= 15 is 0 Å². The summed E-state index contributed by atoms with van der Waals surface area (Å²) in [7, 11) is 2.15. The van der Waals surface area contributed by atoms with Gasteiger partial charge in [0.2, 0.25) is 0 Å². The number of hydrogen-bond acceptors (Lipinski definition) is 4. The predicted molar refractivity (Wildman–Crippen MR) is 143 cm³/mol. The third-order valence-corrected chi connectivity index (χ3v) is 6.87. The van der Waals surface area contributed by atoms with E-state index in [2.05, 4.69) is 41.8 Å². The monoisotopic (exact) mass is 477 g/mol. The first-order valence-electron chi connectivity index (χ1n) is 12.5. The lowest BCUT2D eigenvalue weighted by Crippen LogP contribution is -2.35. The van der Waals surface area contributed by atoms with Crippen molar-refractivity contribution < 1.29 is 9.53 Å². The first kappa shape index (κ1) is 23.8. The molecule has 0 spiro atoms. The van der Waals surface area contributed by atoms with Crippen LogP contribution >= 0.6 is 0 Å². The minimum Gasteiger partial charge on any atom is -0.490 e. The number of nitrogens with zero attached hydrogens (tertiary/aromatic N) is 3.